The van der Waals surface area contributed by atoms with Crippen LogP contribution in [-0.2, 0) is 12.6 Å². The molecule has 1 N–H and O–H groups in total. The van der Waals surface area contributed by atoms with Crippen LogP contribution in [0.1, 0.15) is 30.3 Å². The predicted octanol–water partition coefficient (Wildman–Crippen LogP) is 2.63. The van der Waals surface area contributed by atoms with Crippen LogP contribution < -0.4 is 5.32 Å². The average Bonchev–Trinajstić information content (AvgIpc) is 2.74. The number of rotatable bonds is 2. The summed E-state index contributed by atoms with van der Waals surface area (Å²) < 4.78 is 42.9. The Labute approximate surface area is 101 Å². The molecule has 7 heteroatoms. The first kappa shape index (κ1) is 12.8. The van der Waals surface area contributed by atoms with Crippen LogP contribution in [0, 0.1) is 0 Å². The van der Waals surface area contributed by atoms with E-state index in [0.717, 1.165) is 12.3 Å². The van der Waals surface area contributed by atoms with Crippen molar-refractivity contribution in [1.29, 1.82) is 0 Å². The van der Waals surface area contributed by atoms with Crippen LogP contribution in [0.15, 0.2) is 4.42 Å². The van der Waals surface area contributed by atoms with E-state index < -0.39 is 11.9 Å². The van der Waals surface area contributed by atoms with Gasteiger partial charge in [0.25, 0.3) is 0 Å². The van der Waals surface area contributed by atoms with Gasteiger partial charge in [0.05, 0.1) is 11.7 Å². The fraction of sp³-hybridized carbons (Fsp3) is 0.700. The van der Waals surface area contributed by atoms with Gasteiger partial charge in [-0.1, -0.05) is 6.92 Å². The van der Waals surface area contributed by atoms with Gasteiger partial charge in [0.2, 0.25) is 11.7 Å². The van der Waals surface area contributed by atoms with Gasteiger partial charge < -0.3 is 9.73 Å². The first-order chi connectivity index (χ1) is 8.02. The lowest BCUT2D eigenvalue weighted by Gasteiger charge is -2.19. The summed E-state index contributed by atoms with van der Waals surface area (Å²) in [7, 11) is 0. The minimum atomic E-state index is -4.46. The van der Waals surface area contributed by atoms with Crippen molar-refractivity contribution < 1.29 is 17.6 Å². The van der Waals surface area contributed by atoms with E-state index in [4.69, 9.17) is 4.42 Å². The zero-order chi connectivity index (χ0) is 12.5. The Hall–Kier alpha value is -0.690. The maximum atomic E-state index is 12.7. The summed E-state index contributed by atoms with van der Waals surface area (Å²) in [5, 5.41) is 3.11. The van der Waals surface area contributed by atoms with E-state index >= 15 is 0 Å². The van der Waals surface area contributed by atoms with Crippen molar-refractivity contribution in [2.24, 2.45) is 0 Å². The number of hydrogen-bond donors (Lipinski definition) is 1. The fourth-order valence-electron chi connectivity index (χ4n) is 1.70. The summed E-state index contributed by atoms with van der Waals surface area (Å²) in [5.74, 6) is 0.860. The van der Waals surface area contributed by atoms with E-state index in [1.807, 2.05) is 0 Å². The summed E-state index contributed by atoms with van der Waals surface area (Å²) in [4.78, 5) is 3.96. The van der Waals surface area contributed by atoms with E-state index in [0.29, 0.717) is 5.75 Å². The summed E-state index contributed by atoms with van der Waals surface area (Å²) in [6.07, 6.45) is -4.24. The molecule has 1 aromatic heterocycles. The van der Waals surface area contributed by atoms with E-state index in [1.54, 1.807) is 18.7 Å². The molecule has 3 nitrogen and oxygen atoms in total. The first-order valence-electron chi connectivity index (χ1n) is 5.40. The molecule has 0 saturated carbocycles. The lowest BCUT2D eigenvalue weighted by Crippen LogP contribution is -2.30. The van der Waals surface area contributed by atoms with Crippen molar-refractivity contribution in [1.82, 2.24) is 10.3 Å². The molecule has 2 rings (SSSR count). The standard InChI is InChI=1S/C10H13F3N2OS/c1-2-6-8(10(11,12)13)16-9(15-6)7-5-17-4-3-14-7/h7,14H,2-5H2,1H3. The molecule has 1 unspecified atom stereocenters. The molecule has 0 spiro atoms. The lowest BCUT2D eigenvalue weighted by molar-refractivity contribution is -0.154. The molecule has 0 radical (unpaired) electrons. The number of aromatic nitrogens is 1. The molecule has 1 saturated heterocycles. The largest absolute Gasteiger partial charge is 0.451 e. The smallest absolute Gasteiger partial charge is 0.434 e. The Kier molecular flexibility index (Phi) is 3.67. The molecular formula is C10H13F3N2OS. The van der Waals surface area contributed by atoms with Gasteiger partial charge in [0.15, 0.2) is 0 Å². The summed E-state index contributed by atoms with van der Waals surface area (Å²) in [6, 6.07) is -0.213. The van der Waals surface area contributed by atoms with Crippen molar-refractivity contribution in [2.75, 3.05) is 18.1 Å². The molecule has 0 aliphatic carbocycles. The molecule has 96 valence electrons. The predicted molar refractivity (Wildman–Crippen MR) is 59.0 cm³/mol. The third-order valence-electron chi connectivity index (χ3n) is 2.53. The number of hydrogen-bond acceptors (Lipinski definition) is 4. The van der Waals surface area contributed by atoms with Gasteiger partial charge in [0, 0.05) is 18.1 Å². The SMILES string of the molecule is CCc1nc(C2CSCCN2)oc1C(F)(F)F. The highest BCUT2D eigenvalue weighted by Gasteiger charge is 2.39. The Morgan fingerprint density at radius 3 is 2.76 bits per heavy atom. The zero-order valence-electron chi connectivity index (χ0n) is 9.30. The summed E-state index contributed by atoms with van der Waals surface area (Å²) in [5.41, 5.74) is -0.00938. The van der Waals surface area contributed by atoms with Crippen molar-refractivity contribution in [3.8, 4) is 0 Å². The van der Waals surface area contributed by atoms with Crippen LogP contribution in [0.2, 0.25) is 0 Å². The van der Waals surface area contributed by atoms with E-state index in [2.05, 4.69) is 10.3 Å². The quantitative estimate of drug-likeness (QED) is 0.893. The minimum Gasteiger partial charge on any atom is -0.434 e. The summed E-state index contributed by atoms with van der Waals surface area (Å²) >= 11 is 1.68. The van der Waals surface area contributed by atoms with Crippen molar-refractivity contribution in [3.05, 3.63) is 17.3 Å². The van der Waals surface area contributed by atoms with Crippen molar-refractivity contribution >= 4 is 11.8 Å². The number of alkyl halides is 3. The number of oxazole rings is 1. The molecule has 0 amide bonds. The second-order valence-corrected chi connectivity index (χ2v) is 4.91. The minimum absolute atomic E-state index is 0.00938. The summed E-state index contributed by atoms with van der Waals surface area (Å²) in [6.45, 7) is 2.40. The second-order valence-electron chi connectivity index (χ2n) is 3.76. The molecule has 17 heavy (non-hydrogen) atoms. The highest BCUT2D eigenvalue weighted by Crippen LogP contribution is 2.34. The highest BCUT2D eigenvalue weighted by molar-refractivity contribution is 7.99. The van der Waals surface area contributed by atoms with Crippen molar-refractivity contribution in [2.45, 2.75) is 25.6 Å². The van der Waals surface area contributed by atoms with E-state index in [1.165, 1.54) is 0 Å². The Morgan fingerprint density at radius 2 is 2.29 bits per heavy atom. The normalized spacial score (nSPS) is 21.8. The van der Waals surface area contributed by atoms with Gasteiger partial charge >= 0.3 is 6.18 Å². The molecule has 1 atom stereocenters. The molecule has 0 bridgehead atoms. The lowest BCUT2D eigenvalue weighted by atomic mass is 10.3. The highest BCUT2D eigenvalue weighted by atomic mass is 32.2. The maximum absolute atomic E-state index is 12.7. The maximum Gasteiger partial charge on any atom is 0.451 e. The van der Waals surface area contributed by atoms with Crippen molar-refractivity contribution in [3.63, 3.8) is 0 Å². The second kappa shape index (κ2) is 4.89. The van der Waals surface area contributed by atoms with Crippen LogP contribution in [0.25, 0.3) is 0 Å². The topological polar surface area (TPSA) is 38.1 Å². The Bertz CT molecular complexity index is 385. The van der Waals surface area contributed by atoms with Gasteiger partial charge in [-0.2, -0.15) is 24.9 Å². The van der Waals surface area contributed by atoms with Crippen LogP contribution in [0.3, 0.4) is 0 Å². The molecule has 2 heterocycles. The third-order valence-corrected chi connectivity index (χ3v) is 3.59. The van der Waals surface area contributed by atoms with Gasteiger partial charge in [0.1, 0.15) is 0 Å². The Morgan fingerprint density at radius 1 is 1.53 bits per heavy atom. The first-order valence-corrected chi connectivity index (χ1v) is 6.55. The number of halogens is 3. The number of nitrogens with zero attached hydrogens (tertiary/aromatic N) is 1. The monoisotopic (exact) mass is 266 g/mol. The van der Waals surface area contributed by atoms with E-state index in [-0.39, 0.29) is 24.0 Å². The fourth-order valence-corrected chi connectivity index (χ4v) is 2.63. The van der Waals surface area contributed by atoms with Crippen LogP contribution in [0.4, 0.5) is 13.2 Å². The zero-order valence-corrected chi connectivity index (χ0v) is 10.1. The number of thioether (sulfide) groups is 1. The molecule has 1 aliphatic heterocycles. The van der Waals surface area contributed by atoms with E-state index in [9.17, 15) is 13.2 Å². The molecule has 1 fully saturated rings. The third kappa shape index (κ3) is 2.77. The van der Waals surface area contributed by atoms with Crippen LogP contribution in [-0.4, -0.2) is 23.0 Å². The average molecular weight is 266 g/mol. The number of aryl methyl sites for hydroxylation is 1. The van der Waals surface area contributed by atoms with Crippen LogP contribution >= 0.6 is 11.8 Å². The van der Waals surface area contributed by atoms with Gasteiger partial charge in [-0.3, -0.25) is 0 Å². The molecular weight excluding hydrogens is 253 g/mol. The van der Waals surface area contributed by atoms with Gasteiger partial charge in [-0.05, 0) is 6.42 Å². The molecule has 1 aliphatic rings. The Balaban J connectivity index is 2.27. The van der Waals surface area contributed by atoms with Crippen LogP contribution in [0.5, 0.6) is 0 Å². The van der Waals surface area contributed by atoms with Gasteiger partial charge in [-0.15, -0.1) is 0 Å². The molecule has 1 aromatic rings. The van der Waals surface area contributed by atoms with Gasteiger partial charge in [-0.25, -0.2) is 4.98 Å². The molecule has 0 aromatic carbocycles. The number of nitrogens with one attached hydrogen (secondary N) is 1.